The van der Waals surface area contributed by atoms with Crippen molar-refractivity contribution in [2.45, 2.75) is 76.3 Å². The largest absolute Gasteiger partial charge is 0.477 e. The third-order valence-corrected chi connectivity index (χ3v) is 4.07. The fraction of sp³-hybridized carbons (Fsp3) is 0.750. The van der Waals surface area contributed by atoms with Gasteiger partial charge >= 0.3 is 5.97 Å². The lowest BCUT2D eigenvalue weighted by Crippen LogP contribution is -2.40. The Morgan fingerprint density at radius 1 is 1.00 bits per heavy atom. The molecule has 0 amide bonds. The number of rotatable bonds is 3. The van der Waals surface area contributed by atoms with Crippen LogP contribution in [-0.2, 0) is 4.79 Å². The summed E-state index contributed by atoms with van der Waals surface area (Å²) in [6.45, 7) is 2.91. The van der Waals surface area contributed by atoms with E-state index in [2.05, 4.69) is 11.9 Å². The van der Waals surface area contributed by atoms with Gasteiger partial charge in [0, 0.05) is 12.1 Å². The molecule has 0 spiro atoms. The summed E-state index contributed by atoms with van der Waals surface area (Å²) in [7, 11) is 0. The van der Waals surface area contributed by atoms with Crippen molar-refractivity contribution in [3.05, 3.63) is 12.2 Å². The van der Waals surface area contributed by atoms with Crippen LogP contribution >= 0.6 is 0 Å². The van der Waals surface area contributed by atoms with Crippen molar-refractivity contribution in [3.63, 3.8) is 0 Å². The van der Waals surface area contributed by atoms with E-state index < -0.39 is 11.5 Å². The molecule has 2 aliphatic carbocycles. The number of hydrogen-bond acceptors (Lipinski definition) is 3. The monoisotopic (exact) mass is 278 g/mol. The van der Waals surface area contributed by atoms with E-state index in [9.17, 15) is 4.79 Å². The summed E-state index contributed by atoms with van der Waals surface area (Å²) in [6.07, 6.45) is 14.6. The molecule has 0 heterocycles. The first-order chi connectivity index (χ1) is 9.63. The minimum atomic E-state index is -1.26. The number of carbonyl (C=O) groups is 1. The maximum absolute atomic E-state index is 9.61. The summed E-state index contributed by atoms with van der Waals surface area (Å²) in [5.74, 6) is -1.26. The van der Waals surface area contributed by atoms with Crippen molar-refractivity contribution in [3.8, 4) is 6.07 Å². The van der Waals surface area contributed by atoms with Crippen LogP contribution in [0.5, 0.6) is 0 Å². The van der Waals surface area contributed by atoms with Gasteiger partial charge in [0.05, 0.1) is 0 Å². The molecule has 4 heteroatoms. The molecule has 20 heavy (non-hydrogen) atoms. The predicted octanol–water partition coefficient (Wildman–Crippen LogP) is 3.39. The van der Waals surface area contributed by atoms with Crippen LogP contribution in [0, 0.1) is 11.3 Å². The molecule has 0 aromatic rings. The third-order valence-electron chi connectivity index (χ3n) is 4.07. The van der Waals surface area contributed by atoms with Gasteiger partial charge in [-0.15, -0.1) is 0 Å². The molecule has 0 aromatic carbocycles. The second-order valence-corrected chi connectivity index (χ2v) is 5.73. The van der Waals surface area contributed by atoms with Gasteiger partial charge < -0.3 is 10.4 Å². The van der Waals surface area contributed by atoms with Crippen LogP contribution in [0.1, 0.15) is 64.2 Å². The standard InChI is InChI=1S/C12H23N.C4H3NO2/c1-3-7-11(8-4-1)13-12-9-5-2-6-10-12;1-3(2-5)4(6)7/h11-13H,1-10H2;1H2,(H,6,7). The molecule has 2 aliphatic rings. The maximum atomic E-state index is 9.61. The molecule has 0 unspecified atom stereocenters. The number of hydrogen-bond donors (Lipinski definition) is 2. The van der Waals surface area contributed by atoms with Crippen LogP contribution in [0.25, 0.3) is 0 Å². The Labute approximate surface area is 121 Å². The van der Waals surface area contributed by atoms with E-state index in [1.165, 1.54) is 70.3 Å². The third kappa shape index (κ3) is 6.72. The van der Waals surface area contributed by atoms with Gasteiger partial charge in [-0.3, -0.25) is 0 Å². The molecule has 0 aromatic heterocycles. The smallest absolute Gasteiger partial charge is 0.345 e. The normalized spacial score (nSPS) is 20.4. The summed E-state index contributed by atoms with van der Waals surface area (Å²) in [5.41, 5.74) is -0.431. The van der Waals surface area contributed by atoms with Crippen LogP contribution in [0.3, 0.4) is 0 Å². The topological polar surface area (TPSA) is 73.1 Å². The number of nitrogens with one attached hydrogen (secondary N) is 1. The molecule has 112 valence electrons. The highest BCUT2D eigenvalue weighted by Gasteiger charge is 2.19. The highest BCUT2D eigenvalue weighted by molar-refractivity contribution is 5.90. The number of nitriles is 1. The number of carboxylic acid groups (broad SMARTS) is 1. The lowest BCUT2D eigenvalue weighted by Gasteiger charge is -2.30. The van der Waals surface area contributed by atoms with Gasteiger partial charge in [-0.05, 0) is 25.7 Å². The van der Waals surface area contributed by atoms with Gasteiger partial charge in [0.1, 0.15) is 11.6 Å². The Balaban J connectivity index is 0.000000246. The molecule has 4 nitrogen and oxygen atoms in total. The van der Waals surface area contributed by atoms with E-state index in [0.29, 0.717) is 0 Å². The molecule has 2 N–H and O–H groups in total. The lowest BCUT2D eigenvalue weighted by atomic mass is 9.91. The molecular formula is C16H26N2O2. The Morgan fingerprint density at radius 2 is 1.40 bits per heavy atom. The summed E-state index contributed by atoms with van der Waals surface area (Å²) < 4.78 is 0. The zero-order valence-electron chi connectivity index (χ0n) is 12.2. The summed E-state index contributed by atoms with van der Waals surface area (Å²) >= 11 is 0. The van der Waals surface area contributed by atoms with Crippen molar-refractivity contribution >= 4 is 5.97 Å². The van der Waals surface area contributed by atoms with Crippen LogP contribution in [-0.4, -0.2) is 23.2 Å². The van der Waals surface area contributed by atoms with Crippen LogP contribution in [0.15, 0.2) is 12.2 Å². The Hall–Kier alpha value is -1.34. The minimum absolute atomic E-state index is 0.431. The molecule has 2 fully saturated rings. The van der Waals surface area contributed by atoms with Crippen molar-refractivity contribution in [1.82, 2.24) is 5.32 Å². The predicted molar refractivity (Wildman–Crippen MR) is 79.3 cm³/mol. The second-order valence-electron chi connectivity index (χ2n) is 5.73. The minimum Gasteiger partial charge on any atom is -0.477 e. The van der Waals surface area contributed by atoms with Crippen LogP contribution < -0.4 is 5.32 Å². The van der Waals surface area contributed by atoms with Crippen LogP contribution in [0.4, 0.5) is 0 Å². The molecule has 0 saturated heterocycles. The lowest BCUT2D eigenvalue weighted by molar-refractivity contribution is -0.132. The zero-order chi connectivity index (χ0) is 14.8. The average molecular weight is 278 g/mol. The average Bonchev–Trinajstić information content (AvgIpc) is 2.49. The second kappa shape index (κ2) is 9.55. The number of nitrogens with zero attached hydrogens (tertiary/aromatic N) is 1. The van der Waals surface area contributed by atoms with Gasteiger partial charge in [-0.25, -0.2) is 4.79 Å². The fourth-order valence-electron chi connectivity index (χ4n) is 2.92. The zero-order valence-corrected chi connectivity index (χ0v) is 12.2. The number of aliphatic carboxylic acids is 1. The van der Waals surface area contributed by atoms with E-state index >= 15 is 0 Å². The summed E-state index contributed by atoms with van der Waals surface area (Å²) in [6, 6.07) is 3.11. The van der Waals surface area contributed by atoms with E-state index in [4.69, 9.17) is 10.4 Å². The van der Waals surface area contributed by atoms with E-state index in [0.717, 1.165) is 12.1 Å². The Bertz CT molecular complexity index is 332. The van der Waals surface area contributed by atoms with Gasteiger partial charge in [-0.2, -0.15) is 5.26 Å². The van der Waals surface area contributed by atoms with E-state index in [1.54, 1.807) is 0 Å². The molecule has 0 bridgehead atoms. The van der Waals surface area contributed by atoms with E-state index in [-0.39, 0.29) is 0 Å². The first-order valence-electron chi connectivity index (χ1n) is 7.72. The maximum Gasteiger partial charge on any atom is 0.345 e. The number of carboxylic acids is 1. The first kappa shape index (κ1) is 16.7. The molecular weight excluding hydrogens is 252 g/mol. The van der Waals surface area contributed by atoms with Crippen molar-refractivity contribution in [1.29, 1.82) is 5.26 Å². The molecule has 0 radical (unpaired) electrons. The highest BCUT2D eigenvalue weighted by atomic mass is 16.4. The van der Waals surface area contributed by atoms with E-state index in [1.807, 2.05) is 0 Å². The van der Waals surface area contributed by atoms with Gasteiger partial charge in [-0.1, -0.05) is 45.1 Å². The van der Waals surface area contributed by atoms with Crippen LogP contribution in [0.2, 0.25) is 0 Å². The SMILES string of the molecule is C1CCC(NC2CCCCC2)CC1.C=C(C#N)C(=O)O. The molecule has 0 atom stereocenters. The molecule has 2 rings (SSSR count). The Kier molecular flexibility index (Phi) is 7.98. The summed E-state index contributed by atoms with van der Waals surface area (Å²) in [5, 5.41) is 19.5. The molecule has 2 saturated carbocycles. The van der Waals surface area contributed by atoms with Crippen molar-refractivity contribution < 1.29 is 9.90 Å². The Morgan fingerprint density at radius 3 is 1.65 bits per heavy atom. The van der Waals surface area contributed by atoms with Crippen molar-refractivity contribution in [2.24, 2.45) is 0 Å². The first-order valence-corrected chi connectivity index (χ1v) is 7.72. The summed E-state index contributed by atoms with van der Waals surface area (Å²) in [4.78, 5) is 9.61. The fourth-order valence-corrected chi connectivity index (χ4v) is 2.92. The van der Waals surface area contributed by atoms with Crippen molar-refractivity contribution in [2.75, 3.05) is 0 Å². The van der Waals surface area contributed by atoms with Gasteiger partial charge in [0.15, 0.2) is 0 Å². The highest BCUT2D eigenvalue weighted by Crippen LogP contribution is 2.22. The molecule has 0 aliphatic heterocycles. The van der Waals surface area contributed by atoms with Gasteiger partial charge in [0.25, 0.3) is 0 Å². The van der Waals surface area contributed by atoms with Gasteiger partial charge in [0.2, 0.25) is 0 Å². The quantitative estimate of drug-likeness (QED) is 0.613.